The van der Waals surface area contributed by atoms with Gasteiger partial charge in [-0.2, -0.15) is 0 Å². The molecule has 0 heterocycles. The number of rotatable bonds is 6. The standard InChI is InChI=1S/C10H13Cl2O2PS2/c1-3-6-17-15(16,13-2)14-10-5-4-8(11)7-9(10)12/h4-5,7H,3,6H2,1-2H3. The van der Waals surface area contributed by atoms with Gasteiger partial charge < -0.3 is 9.05 Å². The van der Waals surface area contributed by atoms with Crippen LogP contribution in [0.15, 0.2) is 18.2 Å². The zero-order chi connectivity index (χ0) is 12.9. The van der Waals surface area contributed by atoms with Crippen molar-refractivity contribution in [3.8, 4) is 5.75 Å². The van der Waals surface area contributed by atoms with Gasteiger partial charge in [-0.15, -0.1) is 0 Å². The van der Waals surface area contributed by atoms with Crippen molar-refractivity contribution in [3.05, 3.63) is 28.2 Å². The Bertz CT molecular complexity index is 429. The molecule has 0 saturated carbocycles. The Balaban J connectivity index is 2.83. The lowest BCUT2D eigenvalue weighted by molar-refractivity contribution is 0.409. The van der Waals surface area contributed by atoms with E-state index in [9.17, 15) is 0 Å². The van der Waals surface area contributed by atoms with Crippen molar-refractivity contribution in [2.24, 2.45) is 0 Å². The summed E-state index contributed by atoms with van der Waals surface area (Å²) in [5, 5.41) is 1.01. The maximum Gasteiger partial charge on any atom is 0.297 e. The van der Waals surface area contributed by atoms with Crippen LogP contribution in [0.2, 0.25) is 10.0 Å². The first kappa shape index (κ1) is 15.6. The van der Waals surface area contributed by atoms with Crippen molar-refractivity contribution >= 4 is 52.1 Å². The fourth-order valence-electron chi connectivity index (χ4n) is 0.989. The molecule has 96 valence electrons. The van der Waals surface area contributed by atoms with Crippen molar-refractivity contribution in [3.63, 3.8) is 0 Å². The lowest BCUT2D eigenvalue weighted by Gasteiger charge is -2.20. The summed E-state index contributed by atoms with van der Waals surface area (Å²) in [6, 6.07) is 5.04. The summed E-state index contributed by atoms with van der Waals surface area (Å²) in [5.41, 5.74) is -2.36. The maximum atomic E-state index is 6.02. The fraction of sp³-hybridized carbons (Fsp3) is 0.400. The Morgan fingerprint density at radius 1 is 1.41 bits per heavy atom. The normalized spacial score (nSPS) is 14.4. The highest BCUT2D eigenvalue weighted by Gasteiger charge is 2.20. The third kappa shape index (κ3) is 4.98. The Kier molecular flexibility index (Phi) is 6.64. The van der Waals surface area contributed by atoms with E-state index < -0.39 is 5.69 Å². The van der Waals surface area contributed by atoms with Crippen LogP contribution in [-0.4, -0.2) is 12.9 Å². The first-order chi connectivity index (χ1) is 8.00. The van der Waals surface area contributed by atoms with Gasteiger partial charge in [0.2, 0.25) is 0 Å². The minimum Gasteiger partial charge on any atom is -0.435 e. The van der Waals surface area contributed by atoms with E-state index in [0.29, 0.717) is 15.8 Å². The van der Waals surface area contributed by atoms with Gasteiger partial charge in [0.25, 0.3) is 5.69 Å². The number of halogens is 2. The van der Waals surface area contributed by atoms with Gasteiger partial charge in [-0.25, -0.2) is 0 Å². The smallest absolute Gasteiger partial charge is 0.297 e. The first-order valence-corrected chi connectivity index (χ1v) is 9.94. The molecular weight excluding hydrogens is 318 g/mol. The van der Waals surface area contributed by atoms with Gasteiger partial charge in [0, 0.05) is 17.9 Å². The SMILES string of the molecule is CCCSP(=S)(OC)Oc1ccc(Cl)cc1Cl. The molecule has 1 aromatic carbocycles. The van der Waals surface area contributed by atoms with Gasteiger partial charge in [-0.1, -0.05) is 41.5 Å². The third-order valence-electron chi connectivity index (χ3n) is 1.78. The molecule has 0 aliphatic carbocycles. The Morgan fingerprint density at radius 2 is 2.12 bits per heavy atom. The van der Waals surface area contributed by atoms with Crippen molar-refractivity contribution in [2.45, 2.75) is 13.3 Å². The number of hydrogen-bond acceptors (Lipinski definition) is 4. The van der Waals surface area contributed by atoms with Crippen molar-refractivity contribution in [1.82, 2.24) is 0 Å². The molecule has 1 rings (SSSR count). The third-order valence-corrected chi connectivity index (χ3v) is 7.87. The largest absolute Gasteiger partial charge is 0.435 e. The van der Waals surface area contributed by atoms with E-state index in [2.05, 4.69) is 6.92 Å². The topological polar surface area (TPSA) is 18.5 Å². The minimum absolute atomic E-state index is 0.445. The highest BCUT2D eigenvalue weighted by atomic mass is 35.5. The Labute approximate surface area is 121 Å². The van der Waals surface area contributed by atoms with Gasteiger partial charge in [0.15, 0.2) is 0 Å². The van der Waals surface area contributed by atoms with Gasteiger partial charge in [0.05, 0.1) is 5.02 Å². The molecule has 0 bridgehead atoms. The average Bonchev–Trinajstić information content (AvgIpc) is 2.30. The molecule has 0 radical (unpaired) electrons. The summed E-state index contributed by atoms with van der Waals surface area (Å²) in [4.78, 5) is 0. The molecule has 0 saturated heterocycles. The van der Waals surface area contributed by atoms with Crippen LogP contribution in [0, 0.1) is 0 Å². The van der Waals surface area contributed by atoms with Gasteiger partial charge in [0.1, 0.15) is 5.75 Å². The average molecular weight is 331 g/mol. The molecule has 1 atom stereocenters. The lowest BCUT2D eigenvalue weighted by Crippen LogP contribution is -1.93. The van der Waals surface area contributed by atoms with Crippen molar-refractivity contribution in [2.75, 3.05) is 12.9 Å². The van der Waals surface area contributed by atoms with Crippen LogP contribution in [0.5, 0.6) is 5.75 Å². The van der Waals surface area contributed by atoms with Gasteiger partial charge >= 0.3 is 0 Å². The van der Waals surface area contributed by atoms with Gasteiger partial charge in [-0.3, -0.25) is 0 Å². The zero-order valence-corrected chi connectivity index (χ0v) is 13.5. The Morgan fingerprint density at radius 3 is 2.65 bits per heavy atom. The van der Waals surface area contributed by atoms with E-state index in [1.54, 1.807) is 25.3 Å². The Hall–Kier alpha value is 0.560. The van der Waals surface area contributed by atoms with E-state index in [0.717, 1.165) is 12.2 Å². The first-order valence-electron chi connectivity index (χ1n) is 4.95. The van der Waals surface area contributed by atoms with Crippen LogP contribution in [0.1, 0.15) is 13.3 Å². The monoisotopic (exact) mass is 330 g/mol. The zero-order valence-electron chi connectivity index (χ0n) is 9.48. The molecule has 7 heteroatoms. The predicted octanol–water partition coefficient (Wildman–Crippen LogP) is 5.39. The summed E-state index contributed by atoms with van der Waals surface area (Å²) in [5.74, 6) is 1.42. The van der Waals surface area contributed by atoms with Gasteiger partial charge in [-0.05, 0) is 36.4 Å². The molecule has 0 fully saturated rings. The van der Waals surface area contributed by atoms with Crippen LogP contribution in [-0.2, 0) is 16.3 Å². The lowest BCUT2D eigenvalue weighted by atomic mass is 10.3. The van der Waals surface area contributed by atoms with E-state index in [1.807, 2.05) is 0 Å². The number of benzene rings is 1. The molecule has 0 amide bonds. The van der Waals surface area contributed by atoms with E-state index in [1.165, 1.54) is 11.4 Å². The highest BCUT2D eigenvalue weighted by molar-refractivity contribution is 8.68. The molecule has 0 aliphatic heterocycles. The van der Waals surface area contributed by atoms with Crippen LogP contribution < -0.4 is 4.52 Å². The molecular formula is C10H13Cl2O2PS2. The second kappa shape index (κ2) is 7.22. The van der Waals surface area contributed by atoms with E-state index in [4.69, 9.17) is 44.1 Å². The quantitative estimate of drug-likeness (QED) is 0.651. The summed E-state index contributed by atoms with van der Waals surface area (Å²) in [6.07, 6.45) is 1.02. The second-order valence-corrected chi connectivity index (χ2v) is 10.4. The molecule has 0 aromatic heterocycles. The summed E-state index contributed by atoms with van der Waals surface area (Å²) < 4.78 is 11.0. The molecule has 2 nitrogen and oxygen atoms in total. The fourth-order valence-corrected chi connectivity index (χ4v) is 5.37. The number of hydrogen-bond donors (Lipinski definition) is 0. The second-order valence-electron chi connectivity index (χ2n) is 3.13. The molecule has 1 aromatic rings. The maximum absolute atomic E-state index is 6.02. The molecule has 0 N–H and O–H groups in total. The highest BCUT2D eigenvalue weighted by Crippen LogP contribution is 2.60. The minimum atomic E-state index is -2.36. The summed E-state index contributed by atoms with van der Waals surface area (Å²) in [6.45, 7) is 2.08. The molecule has 0 spiro atoms. The summed E-state index contributed by atoms with van der Waals surface area (Å²) >= 11 is 18.7. The molecule has 17 heavy (non-hydrogen) atoms. The summed E-state index contributed by atoms with van der Waals surface area (Å²) in [7, 11) is 1.56. The van der Waals surface area contributed by atoms with Crippen molar-refractivity contribution < 1.29 is 9.05 Å². The molecule has 1 unspecified atom stereocenters. The predicted molar refractivity (Wildman–Crippen MR) is 81.1 cm³/mol. The van der Waals surface area contributed by atoms with Crippen molar-refractivity contribution in [1.29, 1.82) is 0 Å². The molecule has 0 aliphatic rings. The van der Waals surface area contributed by atoms with Crippen LogP contribution in [0.25, 0.3) is 0 Å². The van der Waals surface area contributed by atoms with Crippen LogP contribution in [0.3, 0.4) is 0 Å². The van der Waals surface area contributed by atoms with E-state index in [-0.39, 0.29) is 0 Å². The van der Waals surface area contributed by atoms with E-state index >= 15 is 0 Å². The van der Waals surface area contributed by atoms with Crippen LogP contribution >= 0.6 is 40.3 Å². The van der Waals surface area contributed by atoms with Crippen LogP contribution in [0.4, 0.5) is 0 Å².